The highest BCUT2D eigenvalue weighted by atomic mass is 16.4. The van der Waals surface area contributed by atoms with E-state index in [-0.39, 0.29) is 11.7 Å². The van der Waals surface area contributed by atoms with Crippen LogP contribution in [0.1, 0.15) is 19.8 Å². The van der Waals surface area contributed by atoms with Gasteiger partial charge in [-0.05, 0) is 12.8 Å². The van der Waals surface area contributed by atoms with Gasteiger partial charge in [0.2, 0.25) is 5.91 Å². The predicted octanol–water partition coefficient (Wildman–Crippen LogP) is -0.443. The summed E-state index contributed by atoms with van der Waals surface area (Å²) in [5.41, 5.74) is 5.43. The van der Waals surface area contributed by atoms with Gasteiger partial charge >= 0.3 is 0 Å². The zero-order valence-electron chi connectivity index (χ0n) is 10.3. The lowest BCUT2D eigenvalue weighted by Gasteiger charge is -2.13. The minimum Gasteiger partial charge on any atom is -0.409 e. The average molecular weight is 254 g/mol. The van der Waals surface area contributed by atoms with Crippen molar-refractivity contribution >= 4 is 11.7 Å². The second-order valence-corrected chi connectivity index (χ2v) is 3.80. The second-order valence-electron chi connectivity index (χ2n) is 3.80. The van der Waals surface area contributed by atoms with Crippen LogP contribution in [0.5, 0.6) is 0 Å². The fourth-order valence-electron chi connectivity index (χ4n) is 1.53. The zero-order valence-corrected chi connectivity index (χ0v) is 10.3. The van der Waals surface area contributed by atoms with Crippen LogP contribution in [0.4, 0.5) is 0 Å². The SMILES string of the molecule is CCC(C(=O)NCCCn1ccnn1)/C(N)=N/O. The zero-order chi connectivity index (χ0) is 13.4. The fourth-order valence-corrected chi connectivity index (χ4v) is 1.53. The Bertz CT molecular complexity index is 389. The standard InChI is InChI=1S/C10H18N6O2/c1-2-8(9(11)14-18)10(17)12-4-3-6-16-7-5-13-15-16/h5,7-8,18H,2-4,6H2,1H3,(H2,11,14)(H,12,17). The Morgan fingerprint density at radius 3 is 3.00 bits per heavy atom. The first kappa shape index (κ1) is 13.9. The normalized spacial score (nSPS) is 13.3. The number of nitrogens with two attached hydrogens (primary N) is 1. The highest BCUT2D eigenvalue weighted by Gasteiger charge is 2.20. The quantitative estimate of drug-likeness (QED) is 0.200. The molecule has 4 N–H and O–H groups in total. The van der Waals surface area contributed by atoms with Gasteiger partial charge in [0.25, 0.3) is 0 Å². The molecule has 1 unspecified atom stereocenters. The number of carbonyl (C=O) groups excluding carboxylic acids is 1. The third-order valence-corrected chi connectivity index (χ3v) is 2.53. The average Bonchev–Trinajstić information content (AvgIpc) is 2.88. The van der Waals surface area contributed by atoms with E-state index in [1.54, 1.807) is 24.0 Å². The summed E-state index contributed by atoms with van der Waals surface area (Å²) < 4.78 is 1.69. The van der Waals surface area contributed by atoms with Crippen molar-refractivity contribution in [3.63, 3.8) is 0 Å². The Morgan fingerprint density at radius 1 is 1.67 bits per heavy atom. The Balaban J connectivity index is 2.27. The lowest BCUT2D eigenvalue weighted by Crippen LogP contribution is -2.39. The van der Waals surface area contributed by atoms with Gasteiger partial charge in [-0.1, -0.05) is 17.3 Å². The molecule has 1 atom stereocenters. The van der Waals surface area contributed by atoms with Gasteiger partial charge in [-0.15, -0.1) is 5.10 Å². The molecule has 1 aromatic rings. The van der Waals surface area contributed by atoms with Crippen molar-refractivity contribution in [1.29, 1.82) is 0 Å². The number of carbonyl (C=O) groups is 1. The molecular weight excluding hydrogens is 236 g/mol. The summed E-state index contributed by atoms with van der Waals surface area (Å²) >= 11 is 0. The molecule has 0 radical (unpaired) electrons. The number of oxime groups is 1. The minimum atomic E-state index is -0.582. The van der Waals surface area contributed by atoms with Gasteiger partial charge in [0, 0.05) is 19.3 Å². The summed E-state index contributed by atoms with van der Waals surface area (Å²) in [5.74, 6) is -0.876. The van der Waals surface area contributed by atoms with Gasteiger partial charge < -0.3 is 16.3 Å². The topological polar surface area (TPSA) is 118 Å². The Kier molecular flexibility index (Phi) is 5.62. The number of rotatable bonds is 7. The van der Waals surface area contributed by atoms with Crippen molar-refractivity contribution in [2.45, 2.75) is 26.3 Å². The van der Waals surface area contributed by atoms with Gasteiger partial charge in [0.15, 0.2) is 5.84 Å². The van der Waals surface area contributed by atoms with E-state index < -0.39 is 5.92 Å². The highest BCUT2D eigenvalue weighted by Crippen LogP contribution is 2.02. The first-order valence-corrected chi connectivity index (χ1v) is 5.78. The number of hydrogen-bond acceptors (Lipinski definition) is 5. The van der Waals surface area contributed by atoms with Crippen molar-refractivity contribution in [2.24, 2.45) is 16.8 Å². The van der Waals surface area contributed by atoms with E-state index in [0.717, 1.165) is 6.42 Å². The molecule has 8 nitrogen and oxygen atoms in total. The van der Waals surface area contributed by atoms with E-state index >= 15 is 0 Å². The smallest absolute Gasteiger partial charge is 0.230 e. The van der Waals surface area contributed by atoms with Crippen LogP contribution in [-0.2, 0) is 11.3 Å². The minimum absolute atomic E-state index is 0.0636. The molecule has 0 bridgehead atoms. The first-order valence-electron chi connectivity index (χ1n) is 5.78. The molecule has 1 heterocycles. The van der Waals surface area contributed by atoms with E-state index in [1.807, 2.05) is 0 Å². The van der Waals surface area contributed by atoms with E-state index in [4.69, 9.17) is 10.9 Å². The summed E-state index contributed by atoms with van der Waals surface area (Å²) in [7, 11) is 0. The molecule has 0 aliphatic rings. The van der Waals surface area contributed by atoms with Gasteiger partial charge in [-0.3, -0.25) is 9.48 Å². The van der Waals surface area contributed by atoms with Crippen LogP contribution in [0.25, 0.3) is 0 Å². The summed E-state index contributed by atoms with van der Waals surface area (Å²) in [4.78, 5) is 11.7. The summed E-state index contributed by atoms with van der Waals surface area (Å²) in [6.45, 7) is 2.99. The van der Waals surface area contributed by atoms with Crippen molar-refractivity contribution in [2.75, 3.05) is 6.54 Å². The van der Waals surface area contributed by atoms with Gasteiger partial charge in [-0.2, -0.15) is 0 Å². The van der Waals surface area contributed by atoms with Crippen LogP contribution < -0.4 is 11.1 Å². The molecule has 100 valence electrons. The second kappa shape index (κ2) is 7.25. The van der Waals surface area contributed by atoms with E-state index in [1.165, 1.54) is 0 Å². The molecule has 0 spiro atoms. The Morgan fingerprint density at radius 2 is 2.44 bits per heavy atom. The van der Waals surface area contributed by atoms with Crippen molar-refractivity contribution in [1.82, 2.24) is 20.3 Å². The molecule has 0 aliphatic heterocycles. The van der Waals surface area contributed by atoms with Gasteiger partial charge in [0.1, 0.15) is 0 Å². The number of amides is 1. The summed E-state index contributed by atoms with van der Waals surface area (Å²) in [6.07, 6.45) is 4.59. The molecule has 0 fully saturated rings. The van der Waals surface area contributed by atoms with Gasteiger partial charge in [0.05, 0.1) is 12.1 Å². The van der Waals surface area contributed by atoms with E-state index in [9.17, 15) is 4.79 Å². The van der Waals surface area contributed by atoms with Crippen LogP contribution in [0.15, 0.2) is 17.5 Å². The number of amidine groups is 1. The maximum absolute atomic E-state index is 11.7. The van der Waals surface area contributed by atoms with Crippen LogP contribution in [-0.4, -0.2) is 38.5 Å². The van der Waals surface area contributed by atoms with Crippen molar-refractivity contribution < 1.29 is 10.0 Å². The molecule has 0 aromatic carbocycles. The van der Waals surface area contributed by atoms with Crippen LogP contribution in [0.3, 0.4) is 0 Å². The molecule has 1 aromatic heterocycles. The van der Waals surface area contributed by atoms with Crippen molar-refractivity contribution in [3.8, 4) is 0 Å². The third kappa shape index (κ3) is 4.04. The predicted molar refractivity (Wildman–Crippen MR) is 64.8 cm³/mol. The number of nitrogens with one attached hydrogen (secondary N) is 1. The molecule has 8 heteroatoms. The fraction of sp³-hybridized carbons (Fsp3) is 0.600. The molecule has 1 rings (SSSR count). The van der Waals surface area contributed by atoms with Crippen LogP contribution in [0, 0.1) is 5.92 Å². The third-order valence-electron chi connectivity index (χ3n) is 2.53. The molecule has 0 aliphatic carbocycles. The van der Waals surface area contributed by atoms with Gasteiger partial charge in [-0.25, -0.2) is 0 Å². The van der Waals surface area contributed by atoms with Crippen LogP contribution in [0.2, 0.25) is 0 Å². The Hall–Kier alpha value is -2.12. The molecular formula is C10H18N6O2. The summed E-state index contributed by atoms with van der Waals surface area (Å²) in [6, 6.07) is 0. The lowest BCUT2D eigenvalue weighted by atomic mass is 10.0. The maximum Gasteiger partial charge on any atom is 0.230 e. The molecule has 0 saturated carbocycles. The maximum atomic E-state index is 11.7. The highest BCUT2D eigenvalue weighted by molar-refractivity contribution is 6.01. The number of aryl methyl sites for hydroxylation is 1. The van der Waals surface area contributed by atoms with Crippen LogP contribution >= 0.6 is 0 Å². The lowest BCUT2D eigenvalue weighted by molar-refractivity contribution is -0.123. The molecule has 0 saturated heterocycles. The number of aromatic nitrogens is 3. The monoisotopic (exact) mass is 254 g/mol. The molecule has 1 amide bonds. The number of hydrogen-bond donors (Lipinski definition) is 3. The largest absolute Gasteiger partial charge is 0.409 e. The Labute approximate surface area is 105 Å². The van der Waals surface area contributed by atoms with E-state index in [2.05, 4.69) is 20.8 Å². The van der Waals surface area contributed by atoms with Crippen molar-refractivity contribution in [3.05, 3.63) is 12.4 Å². The number of nitrogens with zero attached hydrogens (tertiary/aromatic N) is 4. The first-order chi connectivity index (χ1) is 8.69. The molecule has 18 heavy (non-hydrogen) atoms. The summed E-state index contributed by atoms with van der Waals surface area (Å²) in [5, 5.41) is 21.6. The van der Waals surface area contributed by atoms with E-state index in [0.29, 0.717) is 19.5 Å².